The summed E-state index contributed by atoms with van der Waals surface area (Å²) in [7, 11) is 0. The van der Waals surface area contributed by atoms with E-state index in [4.69, 9.17) is 9.47 Å². The van der Waals surface area contributed by atoms with Crippen LogP contribution in [0.1, 0.15) is 80.9 Å². The van der Waals surface area contributed by atoms with Crippen LogP contribution in [0.5, 0.6) is 5.75 Å². The Labute approximate surface area is 284 Å². The maximum atomic E-state index is 13.9. The van der Waals surface area contributed by atoms with Gasteiger partial charge >= 0.3 is 0 Å². The molecule has 0 radical (unpaired) electrons. The molecule has 1 saturated carbocycles. The molecular formula is C38H52N4O6. The normalized spacial score (nSPS) is 23.0. The second-order valence-corrected chi connectivity index (χ2v) is 13.7. The summed E-state index contributed by atoms with van der Waals surface area (Å²) in [6.45, 7) is 4.87. The number of hydrogen-bond donors (Lipinski definition) is 3. The average Bonchev–Trinajstić information content (AvgIpc) is 3.62. The molecule has 1 saturated heterocycles. The Morgan fingerprint density at radius 2 is 1.81 bits per heavy atom. The highest BCUT2D eigenvalue weighted by atomic mass is 16.5. The zero-order valence-electron chi connectivity index (χ0n) is 28.3. The highest BCUT2D eigenvalue weighted by molar-refractivity contribution is 5.95. The summed E-state index contributed by atoms with van der Waals surface area (Å²) in [4.78, 5) is 56.1. The standard InChI is InChI=1S/C38H52N4O6/c1-27-13-15-32-22-31(27)24-39-37(45)33(16-14-28-8-3-2-4-9-28)41-38(46)34(40-35(43)18-20-47-26-30-10-5-6-11-30)23-36(44)42-19-7-12-29(25-42)17-21-48-32/h2-4,8-9,13,15,22,29-30,33-34H,5-7,10-12,14,16-21,23-26H2,1H3,(H,39,45)(H,40,43)(H,41,46)/t29?,33-,34-/m0/s1. The van der Waals surface area contributed by atoms with Crippen molar-refractivity contribution in [1.29, 1.82) is 0 Å². The molecule has 260 valence electrons. The lowest BCUT2D eigenvalue weighted by Gasteiger charge is -2.34. The number of benzene rings is 2. The quantitative estimate of drug-likeness (QED) is 0.346. The molecule has 48 heavy (non-hydrogen) atoms. The highest BCUT2D eigenvalue weighted by Crippen LogP contribution is 2.25. The van der Waals surface area contributed by atoms with Crippen molar-refractivity contribution in [3.05, 3.63) is 65.2 Å². The first-order valence-corrected chi connectivity index (χ1v) is 17.8. The second kappa shape index (κ2) is 18.0. The van der Waals surface area contributed by atoms with Crippen LogP contribution < -0.4 is 20.7 Å². The molecule has 3 aliphatic rings. The van der Waals surface area contributed by atoms with Gasteiger partial charge in [0.2, 0.25) is 23.6 Å². The van der Waals surface area contributed by atoms with Crippen molar-refractivity contribution >= 4 is 23.6 Å². The van der Waals surface area contributed by atoms with Gasteiger partial charge in [-0.1, -0.05) is 49.2 Å². The van der Waals surface area contributed by atoms with Crippen molar-refractivity contribution in [3.63, 3.8) is 0 Å². The van der Waals surface area contributed by atoms with Gasteiger partial charge in [0.1, 0.15) is 17.8 Å². The number of rotatable bonds is 9. The molecule has 5 rings (SSSR count). The SMILES string of the molecule is Cc1ccc2cc1CNC(=O)[C@H](CCc1ccccc1)NC(=O)[C@@H](NC(=O)CCOCC1CCCC1)CC(=O)N1CCCC(CCO2)C1. The summed E-state index contributed by atoms with van der Waals surface area (Å²) in [5.41, 5.74) is 3.00. The van der Waals surface area contributed by atoms with Crippen molar-refractivity contribution in [3.8, 4) is 5.75 Å². The molecule has 1 aliphatic carbocycles. The zero-order chi connectivity index (χ0) is 33.7. The number of carbonyl (C=O) groups excluding carboxylic acids is 4. The topological polar surface area (TPSA) is 126 Å². The van der Waals surface area contributed by atoms with E-state index in [1.54, 1.807) is 4.90 Å². The Balaban J connectivity index is 1.32. The second-order valence-electron chi connectivity index (χ2n) is 13.7. The minimum absolute atomic E-state index is 0.0901. The number of nitrogens with zero attached hydrogens (tertiary/aromatic N) is 1. The van der Waals surface area contributed by atoms with Gasteiger partial charge in [-0.25, -0.2) is 0 Å². The fourth-order valence-corrected chi connectivity index (χ4v) is 6.97. The predicted molar refractivity (Wildman–Crippen MR) is 183 cm³/mol. The van der Waals surface area contributed by atoms with Crippen LogP contribution >= 0.6 is 0 Å². The summed E-state index contributed by atoms with van der Waals surface area (Å²) in [6, 6.07) is 13.7. The number of nitrogens with one attached hydrogen (secondary N) is 3. The Morgan fingerprint density at radius 3 is 2.62 bits per heavy atom. The van der Waals surface area contributed by atoms with Crippen molar-refractivity contribution in [2.45, 2.75) is 96.2 Å². The molecule has 4 bridgehead atoms. The summed E-state index contributed by atoms with van der Waals surface area (Å²) < 4.78 is 11.9. The minimum Gasteiger partial charge on any atom is -0.494 e. The van der Waals surface area contributed by atoms with Crippen LogP contribution in [0.2, 0.25) is 0 Å². The number of ether oxygens (including phenoxy) is 2. The average molecular weight is 661 g/mol. The summed E-state index contributed by atoms with van der Waals surface area (Å²) in [5.74, 6) is 0.155. The largest absolute Gasteiger partial charge is 0.494 e. The molecule has 0 aromatic heterocycles. The van der Waals surface area contributed by atoms with Crippen molar-refractivity contribution in [2.75, 3.05) is 32.9 Å². The first-order valence-electron chi connectivity index (χ1n) is 17.8. The lowest BCUT2D eigenvalue weighted by Crippen LogP contribution is -2.55. The molecule has 2 aromatic carbocycles. The lowest BCUT2D eigenvalue weighted by atomic mass is 9.94. The third kappa shape index (κ3) is 10.8. The summed E-state index contributed by atoms with van der Waals surface area (Å²) in [6.07, 6.45) is 8.26. The van der Waals surface area contributed by atoms with Crippen LogP contribution in [0, 0.1) is 18.8 Å². The number of fused-ring (bicyclic) bond motifs is 4. The number of aryl methyl sites for hydroxylation is 2. The van der Waals surface area contributed by atoms with E-state index in [0.717, 1.165) is 54.5 Å². The maximum absolute atomic E-state index is 13.9. The molecule has 2 fully saturated rings. The Morgan fingerprint density at radius 1 is 1.00 bits per heavy atom. The number of amides is 4. The molecule has 2 aromatic rings. The van der Waals surface area contributed by atoms with Crippen LogP contribution in [-0.4, -0.2) is 73.5 Å². The number of hydrogen-bond acceptors (Lipinski definition) is 6. The van der Waals surface area contributed by atoms with E-state index in [0.29, 0.717) is 45.1 Å². The Bertz CT molecular complexity index is 1380. The number of carbonyl (C=O) groups is 4. The van der Waals surface area contributed by atoms with Crippen LogP contribution in [0.15, 0.2) is 48.5 Å². The van der Waals surface area contributed by atoms with Crippen molar-refractivity contribution < 1.29 is 28.7 Å². The van der Waals surface area contributed by atoms with Gasteiger partial charge in [0.05, 0.1) is 19.6 Å². The van der Waals surface area contributed by atoms with Gasteiger partial charge in [0.15, 0.2) is 0 Å². The maximum Gasteiger partial charge on any atom is 0.243 e. The van der Waals surface area contributed by atoms with Crippen LogP contribution in [0.4, 0.5) is 0 Å². The molecule has 10 nitrogen and oxygen atoms in total. The predicted octanol–water partition coefficient (Wildman–Crippen LogP) is 4.22. The molecule has 2 aliphatic heterocycles. The summed E-state index contributed by atoms with van der Waals surface area (Å²) >= 11 is 0. The van der Waals surface area contributed by atoms with Crippen LogP contribution in [0.25, 0.3) is 0 Å². The van der Waals surface area contributed by atoms with E-state index in [-0.39, 0.29) is 49.6 Å². The first kappa shape index (κ1) is 35.4. The van der Waals surface area contributed by atoms with Gasteiger partial charge in [-0.3, -0.25) is 19.2 Å². The highest BCUT2D eigenvalue weighted by Gasteiger charge is 2.32. The van der Waals surface area contributed by atoms with Gasteiger partial charge in [-0.2, -0.15) is 0 Å². The molecule has 2 heterocycles. The molecule has 0 spiro atoms. The molecule has 1 unspecified atom stereocenters. The van der Waals surface area contributed by atoms with Crippen LogP contribution in [0.3, 0.4) is 0 Å². The Kier molecular flexibility index (Phi) is 13.3. The molecular weight excluding hydrogens is 608 g/mol. The fraction of sp³-hybridized carbons (Fsp3) is 0.579. The summed E-state index contributed by atoms with van der Waals surface area (Å²) in [5, 5.41) is 8.73. The van der Waals surface area contributed by atoms with Gasteiger partial charge in [0.25, 0.3) is 0 Å². The number of piperidine rings is 1. The van der Waals surface area contributed by atoms with E-state index < -0.39 is 18.0 Å². The fourth-order valence-electron chi connectivity index (χ4n) is 6.97. The first-order chi connectivity index (χ1) is 23.3. The van der Waals surface area contributed by atoms with Crippen molar-refractivity contribution in [2.24, 2.45) is 11.8 Å². The molecule has 10 heteroatoms. The molecule has 4 amide bonds. The minimum atomic E-state index is -1.12. The monoisotopic (exact) mass is 660 g/mol. The third-order valence-electron chi connectivity index (χ3n) is 9.97. The van der Waals surface area contributed by atoms with Gasteiger partial charge in [-0.05, 0) is 92.5 Å². The van der Waals surface area contributed by atoms with E-state index in [1.165, 1.54) is 12.8 Å². The van der Waals surface area contributed by atoms with E-state index in [1.807, 2.05) is 55.5 Å². The van der Waals surface area contributed by atoms with Crippen molar-refractivity contribution in [1.82, 2.24) is 20.9 Å². The third-order valence-corrected chi connectivity index (χ3v) is 9.97. The van der Waals surface area contributed by atoms with E-state index >= 15 is 0 Å². The van der Waals surface area contributed by atoms with Gasteiger partial charge < -0.3 is 30.3 Å². The van der Waals surface area contributed by atoms with Crippen LogP contribution in [-0.2, 0) is 36.9 Å². The molecule has 3 N–H and O–H groups in total. The smallest absolute Gasteiger partial charge is 0.243 e. The molecule has 3 atom stereocenters. The van der Waals surface area contributed by atoms with Gasteiger partial charge in [-0.15, -0.1) is 0 Å². The zero-order valence-corrected chi connectivity index (χ0v) is 28.3. The van der Waals surface area contributed by atoms with E-state index in [2.05, 4.69) is 16.0 Å². The van der Waals surface area contributed by atoms with Gasteiger partial charge in [0, 0.05) is 32.7 Å². The Hall–Kier alpha value is -3.92. The lowest BCUT2D eigenvalue weighted by molar-refractivity contribution is -0.138. The van der Waals surface area contributed by atoms with E-state index in [9.17, 15) is 19.2 Å².